The van der Waals surface area contributed by atoms with Crippen LogP contribution in [-0.4, -0.2) is 36.5 Å². The minimum Gasteiger partial charge on any atom is -0.493 e. The van der Waals surface area contributed by atoms with Crippen molar-refractivity contribution in [1.82, 2.24) is 15.1 Å². The molecule has 154 valence electrons. The summed E-state index contributed by atoms with van der Waals surface area (Å²) in [5, 5.41) is 7.74. The number of nitrogens with one attached hydrogen (secondary N) is 1. The summed E-state index contributed by atoms with van der Waals surface area (Å²) in [5.41, 5.74) is 3.41. The van der Waals surface area contributed by atoms with E-state index in [9.17, 15) is 4.79 Å². The summed E-state index contributed by atoms with van der Waals surface area (Å²) in [6.45, 7) is 0.745. The fourth-order valence-corrected chi connectivity index (χ4v) is 3.22. The molecule has 0 aliphatic heterocycles. The molecule has 6 heteroatoms. The minimum atomic E-state index is -0.0902. The van der Waals surface area contributed by atoms with Crippen molar-refractivity contribution in [3.05, 3.63) is 66.4 Å². The van der Waals surface area contributed by atoms with Crippen LogP contribution >= 0.6 is 0 Å². The number of carbonyl (C=O) groups excluding carboxylic acids is 1. The molecule has 0 bridgehead atoms. The highest BCUT2D eigenvalue weighted by molar-refractivity contribution is 5.92. The van der Waals surface area contributed by atoms with Crippen molar-refractivity contribution in [3.63, 3.8) is 0 Å². The number of benzene rings is 2. The molecule has 1 fully saturated rings. The van der Waals surface area contributed by atoms with Crippen molar-refractivity contribution in [3.8, 4) is 28.4 Å². The zero-order valence-corrected chi connectivity index (χ0v) is 17.2. The number of hydrogen-bond donors (Lipinski definition) is 1. The summed E-state index contributed by atoms with van der Waals surface area (Å²) >= 11 is 0. The number of carbonyl (C=O) groups is 1. The molecule has 1 amide bonds. The average molecular weight is 403 g/mol. The third-order valence-electron chi connectivity index (χ3n) is 5.10. The predicted octanol–water partition coefficient (Wildman–Crippen LogP) is 4.10. The molecule has 30 heavy (non-hydrogen) atoms. The summed E-state index contributed by atoms with van der Waals surface area (Å²) in [5.74, 6) is 1.83. The Labute approximate surface area is 176 Å². The number of nitrogens with zero attached hydrogens (tertiary/aromatic N) is 2. The molecule has 1 N–H and O–H groups in total. The van der Waals surface area contributed by atoms with Gasteiger partial charge >= 0.3 is 0 Å². The maximum absolute atomic E-state index is 12.2. The largest absolute Gasteiger partial charge is 0.493 e. The molecule has 6 nitrogen and oxygen atoms in total. The standard InChI is InChI=1S/C24H25N3O3/c1-29-21-12-10-18(14-22(21)30-2)24-19(11-13-23(28)25-15-17-8-9-17)16-27(26-24)20-6-4-3-5-7-20/h3-7,10-14,16-17H,8-9,15H2,1-2H3,(H,25,28)/b13-11+. The maximum atomic E-state index is 12.2. The van der Waals surface area contributed by atoms with E-state index in [4.69, 9.17) is 14.6 Å². The Bertz CT molecular complexity index is 1050. The molecule has 0 unspecified atom stereocenters. The first-order valence-corrected chi connectivity index (χ1v) is 10.0. The minimum absolute atomic E-state index is 0.0902. The fourth-order valence-electron chi connectivity index (χ4n) is 3.22. The van der Waals surface area contributed by atoms with E-state index in [0.29, 0.717) is 17.4 Å². The predicted molar refractivity (Wildman–Crippen MR) is 117 cm³/mol. The van der Waals surface area contributed by atoms with Crippen molar-refractivity contribution in [2.45, 2.75) is 12.8 Å². The van der Waals surface area contributed by atoms with Gasteiger partial charge in [-0.15, -0.1) is 0 Å². The van der Waals surface area contributed by atoms with E-state index in [1.807, 2.05) is 59.4 Å². The Morgan fingerprint density at radius 2 is 1.90 bits per heavy atom. The molecule has 4 rings (SSSR count). The van der Waals surface area contributed by atoms with Gasteiger partial charge in [0.2, 0.25) is 5.91 Å². The van der Waals surface area contributed by atoms with E-state index >= 15 is 0 Å². The number of para-hydroxylation sites is 1. The lowest BCUT2D eigenvalue weighted by Gasteiger charge is -2.09. The Hall–Kier alpha value is -3.54. The number of amides is 1. The molecule has 0 atom stereocenters. The van der Waals surface area contributed by atoms with E-state index < -0.39 is 0 Å². The van der Waals surface area contributed by atoms with Gasteiger partial charge in [0.1, 0.15) is 5.69 Å². The first kappa shape index (κ1) is 19.8. The summed E-state index contributed by atoms with van der Waals surface area (Å²) in [4.78, 5) is 12.2. The lowest BCUT2D eigenvalue weighted by molar-refractivity contribution is -0.116. The van der Waals surface area contributed by atoms with Gasteiger partial charge in [0.25, 0.3) is 0 Å². The molecule has 0 spiro atoms. The van der Waals surface area contributed by atoms with Crippen LogP contribution < -0.4 is 14.8 Å². The summed E-state index contributed by atoms with van der Waals surface area (Å²) in [6, 6.07) is 15.5. The number of ether oxygens (including phenoxy) is 2. The molecule has 1 aliphatic rings. The van der Waals surface area contributed by atoms with Gasteiger partial charge in [0.05, 0.1) is 19.9 Å². The molecule has 1 heterocycles. The van der Waals surface area contributed by atoms with Gasteiger partial charge in [0.15, 0.2) is 11.5 Å². The molecule has 2 aromatic carbocycles. The van der Waals surface area contributed by atoms with Gasteiger partial charge in [-0.25, -0.2) is 4.68 Å². The van der Waals surface area contributed by atoms with Crippen molar-refractivity contribution in [2.75, 3.05) is 20.8 Å². The van der Waals surface area contributed by atoms with Crippen LogP contribution in [-0.2, 0) is 4.79 Å². The van der Waals surface area contributed by atoms with Gasteiger partial charge in [-0.1, -0.05) is 18.2 Å². The van der Waals surface area contributed by atoms with Crippen LogP contribution in [0.3, 0.4) is 0 Å². The molecule has 3 aromatic rings. The van der Waals surface area contributed by atoms with Crippen LogP contribution in [0, 0.1) is 5.92 Å². The van der Waals surface area contributed by atoms with E-state index in [2.05, 4.69) is 5.32 Å². The van der Waals surface area contributed by atoms with E-state index in [-0.39, 0.29) is 5.91 Å². The maximum Gasteiger partial charge on any atom is 0.244 e. The van der Waals surface area contributed by atoms with Gasteiger partial charge in [-0.2, -0.15) is 5.10 Å². The second kappa shape index (κ2) is 8.86. The summed E-state index contributed by atoms with van der Waals surface area (Å²) in [7, 11) is 3.21. The van der Waals surface area contributed by atoms with Crippen LogP contribution in [0.2, 0.25) is 0 Å². The van der Waals surface area contributed by atoms with Crippen molar-refractivity contribution < 1.29 is 14.3 Å². The highest BCUT2D eigenvalue weighted by atomic mass is 16.5. The molecule has 1 aromatic heterocycles. The van der Waals surface area contributed by atoms with Crippen molar-refractivity contribution >= 4 is 12.0 Å². The smallest absolute Gasteiger partial charge is 0.244 e. The average Bonchev–Trinajstić information content (AvgIpc) is 3.53. The Morgan fingerprint density at radius 3 is 2.60 bits per heavy atom. The topological polar surface area (TPSA) is 65.4 Å². The van der Waals surface area contributed by atoms with E-state index in [1.165, 1.54) is 12.8 Å². The molecule has 1 aliphatic carbocycles. The summed E-state index contributed by atoms with van der Waals surface area (Å²) in [6.07, 6.45) is 7.71. The van der Waals surface area contributed by atoms with Gasteiger partial charge in [0, 0.05) is 29.9 Å². The monoisotopic (exact) mass is 403 g/mol. The fraction of sp³-hybridized carbons (Fsp3) is 0.250. The molecule has 0 saturated heterocycles. The van der Waals surface area contributed by atoms with Gasteiger partial charge in [-0.05, 0) is 55.2 Å². The Morgan fingerprint density at radius 1 is 1.13 bits per heavy atom. The highest BCUT2D eigenvalue weighted by Crippen LogP contribution is 2.34. The summed E-state index contributed by atoms with van der Waals surface area (Å²) < 4.78 is 12.6. The second-order valence-electron chi connectivity index (χ2n) is 7.30. The normalized spacial score (nSPS) is 13.4. The van der Waals surface area contributed by atoms with Gasteiger partial charge < -0.3 is 14.8 Å². The van der Waals surface area contributed by atoms with E-state index in [1.54, 1.807) is 26.4 Å². The Balaban J connectivity index is 1.68. The first-order valence-electron chi connectivity index (χ1n) is 10.0. The van der Waals surface area contributed by atoms with Crippen LogP contribution in [0.25, 0.3) is 23.0 Å². The highest BCUT2D eigenvalue weighted by Gasteiger charge is 2.21. The number of aromatic nitrogens is 2. The molecule has 0 radical (unpaired) electrons. The van der Waals surface area contributed by atoms with Crippen LogP contribution in [0.4, 0.5) is 0 Å². The number of methoxy groups -OCH3 is 2. The second-order valence-corrected chi connectivity index (χ2v) is 7.30. The zero-order chi connectivity index (χ0) is 20.9. The quantitative estimate of drug-likeness (QED) is 0.575. The van der Waals surface area contributed by atoms with Crippen LogP contribution in [0.15, 0.2) is 60.8 Å². The van der Waals surface area contributed by atoms with Crippen LogP contribution in [0.1, 0.15) is 18.4 Å². The van der Waals surface area contributed by atoms with Crippen LogP contribution in [0.5, 0.6) is 11.5 Å². The lowest BCUT2D eigenvalue weighted by Crippen LogP contribution is -2.23. The number of hydrogen-bond acceptors (Lipinski definition) is 4. The van der Waals surface area contributed by atoms with E-state index in [0.717, 1.165) is 29.1 Å². The van der Waals surface area contributed by atoms with Crippen molar-refractivity contribution in [2.24, 2.45) is 5.92 Å². The molecular weight excluding hydrogens is 378 g/mol. The lowest BCUT2D eigenvalue weighted by atomic mass is 10.1. The zero-order valence-electron chi connectivity index (χ0n) is 17.2. The first-order chi connectivity index (χ1) is 14.7. The SMILES string of the molecule is COc1ccc(-c2nn(-c3ccccc3)cc2/C=C/C(=O)NCC2CC2)cc1OC. The van der Waals surface area contributed by atoms with Crippen molar-refractivity contribution in [1.29, 1.82) is 0 Å². The third-order valence-corrected chi connectivity index (χ3v) is 5.10. The third kappa shape index (κ3) is 4.54. The van der Waals surface area contributed by atoms with Gasteiger partial charge in [-0.3, -0.25) is 4.79 Å². The number of rotatable bonds is 8. The molecular formula is C24H25N3O3. The molecule has 1 saturated carbocycles. The Kier molecular flexibility index (Phi) is 5.84.